The summed E-state index contributed by atoms with van der Waals surface area (Å²) in [6.45, 7) is 0. The molecule has 0 atom stereocenters. The molecular weight excluding hydrogens is 286 g/mol. The van der Waals surface area contributed by atoms with E-state index in [1.165, 1.54) is 17.7 Å². The number of carbonyl (C=O) groups excluding carboxylic acids is 1. The number of hydrogen-bond donors (Lipinski definition) is 2. The fourth-order valence-electron chi connectivity index (χ4n) is 2.40. The monoisotopic (exact) mass is 299 g/mol. The molecule has 3 N–H and O–H groups in total. The lowest BCUT2D eigenvalue weighted by atomic mass is 10.2. The third-order valence-electron chi connectivity index (χ3n) is 3.62. The molecule has 0 aliphatic heterocycles. The maximum absolute atomic E-state index is 11.8. The first-order valence-electron chi connectivity index (χ1n) is 6.70. The van der Waals surface area contributed by atoms with Crippen molar-refractivity contribution in [3.63, 3.8) is 0 Å². The van der Waals surface area contributed by atoms with Crippen molar-refractivity contribution >= 4 is 39.1 Å². The predicted octanol–water partition coefficient (Wildman–Crippen LogP) is 3.11. The number of aromatic amines is 1. The number of nitrogens with zero attached hydrogens (tertiary/aromatic N) is 3. The summed E-state index contributed by atoms with van der Waals surface area (Å²) in [5.74, 6) is 1.07. The first kappa shape index (κ1) is 12.3. The van der Waals surface area contributed by atoms with Gasteiger partial charge in [-0.15, -0.1) is 11.3 Å². The summed E-state index contributed by atoms with van der Waals surface area (Å²) in [5.41, 5.74) is 9.90. The van der Waals surface area contributed by atoms with Crippen LogP contribution in [0.25, 0.3) is 10.2 Å². The Kier molecular flexibility index (Phi) is 2.68. The largest absolute Gasteiger partial charge is 0.351 e. The summed E-state index contributed by atoms with van der Waals surface area (Å²) in [7, 11) is 0. The smallest absolute Gasteiger partial charge is 0.325 e. The molecule has 0 spiro atoms. The molecule has 1 aromatic carbocycles. The molecule has 0 bridgehead atoms. The zero-order valence-corrected chi connectivity index (χ0v) is 11.9. The van der Waals surface area contributed by atoms with Gasteiger partial charge in [-0.1, -0.05) is 0 Å². The molecule has 3 aromatic rings. The highest BCUT2D eigenvalue weighted by molar-refractivity contribution is 7.16. The van der Waals surface area contributed by atoms with Crippen molar-refractivity contribution in [1.82, 2.24) is 15.2 Å². The van der Waals surface area contributed by atoms with E-state index in [1.807, 2.05) is 24.3 Å². The van der Waals surface area contributed by atoms with E-state index in [0.717, 1.165) is 15.9 Å². The van der Waals surface area contributed by atoms with E-state index in [4.69, 9.17) is 5.73 Å². The van der Waals surface area contributed by atoms with Gasteiger partial charge in [0.15, 0.2) is 5.82 Å². The molecule has 2 aromatic heterocycles. The van der Waals surface area contributed by atoms with Gasteiger partial charge in [0.1, 0.15) is 0 Å². The Balaban J connectivity index is 1.76. The van der Waals surface area contributed by atoms with E-state index in [2.05, 4.69) is 15.2 Å². The molecule has 1 fully saturated rings. The van der Waals surface area contributed by atoms with Crippen LogP contribution >= 0.6 is 11.3 Å². The minimum Gasteiger partial charge on any atom is -0.351 e. The second kappa shape index (κ2) is 4.56. The van der Waals surface area contributed by atoms with Crippen molar-refractivity contribution in [2.75, 3.05) is 4.90 Å². The normalized spacial score (nSPS) is 14.5. The Morgan fingerprint density at radius 2 is 2.24 bits per heavy atom. The fourth-order valence-corrected chi connectivity index (χ4v) is 3.06. The Labute approximate surface area is 124 Å². The van der Waals surface area contributed by atoms with Crippen LogP contribution in [-0.4, -0.2) is 21.2 Å². The number of hydrogen-bond acceptors (Lipinski definition) is 4. The molecule has 1 aliphatic carbocycles. The Morgan fingerprint density at radius 3 is 3.00 bits per heavy atom. The lowest BCUT2D eigenvalue weighted by Gasteiger charge is -2.17. The van der Waals surface area contributed by atoms with E-state index in [1.54, 1.807) is 16.8 Å². The molecule has 0 unspecified atom stereocenters. The number of nitrogens with two attached hydrogens (primary N) is 1. The van der Waals surface area contributed by atoms with Crippen LogP contribution in [-0.2, 0) is 0 Å². The molecular formula is C14H13N5OS. The highest BCUT2D eigenvalue weighted by Crippen LogP contribution is 2.40. The summed E-state index contributed by atoms with van der Waals surface area (Å²) in [4.78, 5) is 17.5. The number of rotatable bonds is 3. The fraction of sp³-hybridized carbons (Fsp3) is 0.214. The second-order valence-electron chi connectivity index (χ2n) is 5.13. The number of fused-ring (bicyclic) bond motifs is 1. The van der Waals surface area contributed by atoms with Gasteiger partial charge < -0.3 is 5.73 Å². The van der Waals surface area contributed by atoms with Gasteiger partial charge in [0, 0.05) is 17.7 Å². The van der Waals surface area contributed by atoms with E-state index in [-0.39, 0.29) is 0 Å². The molecule has 21 heavy (non-hydrogen) atoms. The molecule has 7 heteroatoms. The molecule has 6 nitrogen and oxygen atoms in total. The molecule has 2 amide bonds. The van der Waals surface area contributed by atoms with Gasteiger partial charge in [-0.3, -0.25) is 5.10 Å². The first-order valence-corrected chi connectivity index (χ1v) is 7.58. The van der Waals surface area contributed by atoms with Crippen LogP contribution in [0.1, 0.15) is 24.5 Å². The molecule has 0 saturated heterocycles. The number of amides is 2. The number of urea groups is 1. The number of thiazole rings is 1. The van der Waals surface area contributed by atoms with Crippen molar-refractivity contribution in [3.8, 4) is 0 Å². The Hall–Kier alpha value is -2.41. The van der Waals surface area contributed by atoms with Crippen LogP contribution < -0.4 is 10.6 Å². The minimum absolute atomic E-state index is 0.527. The van der Waals surface area contributed by atoms with Crippen molar-refractivity contribution in [2.45, 2.75) is 18.8 Å². The van der Waals surface area contributed by atoms with Crippen LogP contribution in [0.15, 0.2) is 29.8 Å². The third kappa shape index (κ3) is 2.15. The van der Waals surface area contributed by atoms with Crippen molar-refractivity contribution in [1.29, 1.82) is 0 Å². The zero-order valence-electron chi connectivity index (χ0n) is 11.1. The first-order chi connectivity index (χ1) is 10.2. The zero-order chi connectivity index (χ0) is 14.4. The molecule has 106 valence electrons. The van der Waals surface area contributed by atoms with Crippen molar-refractivity contribution in [2.24, 2.45) is 5.73 Å². The average Bonchev–Trinajstić information content (AvgIpc) is 3.02. The summed E-state index contributed by atoms with van der Waals surface area (Å²) in [6, 6.07) is 6.98. The van der Waals surface area contributed by atoms with Gasteiger partial charge in [0.2, 0.25) is 0 Å². The van der Waals surface area contributed by atoms with E-state index >= 15 is 0 Å². The summed E-state index contributed by atoms with van der Waals surface area (Å²) in [5, 5.41) is 7.22. The van der Waals surface area contributed by atoms with Gasteiger partial charge >= 0.3 is 6.03 Å². The number of anilines is 2. The summed E-state index contributed by atoms with van der Waals surface area (Å²) in [6.07, 6.45) is 2.34. The molecule has 1 aliphatic rings. The highest BCUT2D eigenvalue weighted by atomic mass is 32.1. The lowest BCUT2D eigenvalue weighted by molar-refractivity contribution is 0.256. The average molecular weight is 299 g/mol. The Morgan fingerprint density at radius 1 is 1.38 bits per heavy atom. The van der Waals surface area contributed by atoms with Crippen molar-refractivity contribution < 1.29 is 4.79 Å². The number of aromatic nitrogens is 3. The predicted molar refractivity (Wildman–Crippen MR) is 81.9 cm³/mol. The lowest BCUT2D eigenvalue weighted by Crippen LogP contribution is -2.31. The maximum atomic E-state index is 11.8. The van der Waals surface area contributed by atoms with Crippen LogP contribution in [0, 0.1) is 0 Å². The maximum Gasteiger partial charge on any atom is 0.325 e. The minimum atomic E-state index is -0.557. The van der Waals surface area contributed by atoms with Gasteiger partial charge in [-0.25, -0.2) is 14.7 Å². The second-order valence-corrected chi connectivity index (χ2v) is 6.02. The number of carbonyl (C=O) groups is 1. The Bertz CT molecular complexity index is 820. The highest BCUT2D eigenvalue weighted by Gasteiger charge is 2.27. The van der Waals surface area contributed by atoms with Crippen LogP contribution in [0.3, 0.4) is 0 Å². The van der Waals surface area contributed by atoms with E-state index < -0.39 is 6.03 Å². The number of nitrogens with one attached hydrogen (secondary N) is 1. The molecule has 4 rings (SSSR count). The number of primary amides is 1. The van der Waals surface area contributed by atoms with Gasteiger partial charge in [0.05, 0.1) is 21.4 Å². The summed E-state index contributed by atoms with van der Waals surface area (Å²) < 4.78 is 1.07. The topological polar surface area (TPSA) is 87.9 Å². The van der Waals surface area contributed by atoms with Crippen LogP contribution in [0.5, 0.6) is 0 Å². The summed E-state index contributed by atoms with van der Waals surface area (Å²) >= 11 is 1.56. The van der Waals surface area contributed by atoms with Crippen LogP contribution in [0.4, 0.5) is 16.3 Å². The van der Waals surface area contributed by atoms with Gasteiger partial charge in [0.25, 0.3) is 0 Å². The van der Waals surface area contributed by atoms with E-state index in [0.29, 0.717) is 17.4 Å². The van der Waals surface area contributed by atoms with Gasteiger partial charge in [-0.05, 0) is 31.0 Å². The molecule has 1 saturated carbocycles. The standard InChI is InChI=1S/C14H13N5OS/c15-14(20)19(13-6-10(17-18-13)8-1-2-8)9-3-4-12-11(5-9)16-7-21-12/h3-8H,1-2H2,(H2,15,20)(H,17,18). The van der Waals surface area contributed by atoms with Crippen LogP contribution in [0.2, 0.25) is 0 Å². The number of benzene rings is 1. The molecule has 2 heterocycles. The van der Waals surface area contributed by atoms with E-state index in [9.17, 15) is 4.79 Å². The van der Waals surface area contributed by atoms with Gasteiger partial charge in [-0.2, -0.15) is 5.10 Å². The number of H-pyrrole nitrogens is 1. The molecule has 0 radical (unpaired) electrons. The quantitative estimate of drug-likeness (QED) is 0.778. The third-order valence-corrected chi connectivity index (χ3v) is 4.43. The SMILES string of the molecule is NC(=O)N(c1ccc2scnc2c1)c1cc(C2CC2)[nH]n1. The van der Waals surface area contributed by atoms with Crippen molar-refractivity contribution in [3.05, 3.63) is 35.5 Å².